The largest absolute Gasteiger partial charge is 0.377 e. The van der Waals surface area contributed by atoms with Crippen LogP contribution in [0.15, 0.2) is 0 Å². The van der Waals surface area contributed by atoms with Gasteiger partial charge in [-0.15, -0.1) is 0 Å². The summed E-state index contributed by atoms with van der Waals surface area (Å²) in [4.78, 5) is 13.3. The maximum atomic E-state index is 12.1. The quantitative estimate of drug-likeness (QED) is 0.700. The summed E-state index contributed by atoms with van der Waals surface area (Å²) in [7, 11) is -1.58. The molecule has 0 aliphatic carbocycles. The summed E-state index contributed by atoms with van der Waals surface area (Å²) in [5.41, 5.74) is 5.37. The first-order valence-corrected chi connectivity index (χ1v) is 8.37. The molecule has 0 aromatic heterocycles. The van der Waals surface area contributed by atoms with Gasteiger partial charge in [-0.05, 0) is 26.3 Å². The van der Waals surface area contributed by atoms with Gasteiger partial charge in [0.15, 0.2) is 9.84 Å². The lowest BCUT2D eigenvalue weighted by molar-refractivity contribution is -0.129. The van der Waals surface area contributed by atoms with Crippen LogP contribution in [0.5, 0.6) is 0 Å². The van der Waals surface area contributed by atoms with Crippen LogP contribution in [0.1, 0.15) is 26.2 Å². The SMILES string of the molecule is CC1OCCC1S(=O)(=O)CCC(=O)N(C)CCCN. The summed E-state index contributed by atoms with van der Waals surface area (Å²) in [5.74, 6) is -0.249. The van der Waals surface area contributed by atoms with Crippen LogP contribution in [0.25, 0.3) is 0 Å². The van der Waals surface area contributed by atoms with E-state index in [1.54, 1.807) is 14.0 Å². The molecule has 0 spiro atoms. The molecule has 2 N–H and O–H groups in total. The number of sulfone groups is 1. The predicted octanol–water partition coefficient (Wildman–Crippen LogP) is -0.224. The number of hydrogen-bond donors (Lipinski definition) is 1. The summed E-state index contributed by atoms with van der Waals surface area (Å²) >= 11 is 0. The number of hydrogen-bond acceptors (Lipinski definition) is 5. The van der Waals surface area contributed by atoms with Crippen molar-refractivity contribution in [2.75, 3.05) is 32.5 Å². The highest BCUT2D eigenvalue weighted by Gasteiger charge is 2.35. The van der Waals surface area contributed by atoms with Crippen molar-refractivity contribution in [1.29, 1.82) is 0 Å². The lowest BCUT2D eigenvalue weighted by Crippen LogP contribution is -2.34. The highest BCUT2D eigenvalue weighted by molar-refractivity contribution is 7.92. The van der Waals surface area contributed by atoms with Gasteiger partial charge in [0.25, 0.3) is 0 Å². The van der Waals surface area contributed by atoms with Gasteiger partial charge < -0.3 is 15.4 Å². The molecule has 1 rings (SSSR count). The van der Waals surface area contributed by atoms with Gasteiger partial charge in [-0.25, -0.2) is 8.42 Å². The first-order valence-electron chi connectivity index (χ1n) is 6.65. The normalized spacial score (nSPS) is 23.5. The van der Waals surface area contributed by atoms with Gasteiger partial charge in [0.2, 0.25) is 5.91 Å². The van der Waals surface area contributed by atoms with Crippen LogP contribution in [-0.2, 0) is 19.4 Å². The van der Waals surface area contributed by atoms with E-state index in [0.29, 0.717) is 26.1 Å². The van der Waals surface area contributed by atoms with Gasteiger partial charge in [0.1, 0.15) is 0 Å². The van der Waals surface area contributed by atoms with Crippen molar-refractivity contribution in [1.82, 2.24) is 4.90 Å². The van der Waals surface area contributed by atoms with Crippen LogP contribution in [-0.4, -0.2) is 63.1 Å². The Bertz CT molecular complexity index is 397. The minimum Gasteiger partial charge on any atom is -0.377 e. The predicted molar refractivity (Wildman–Crippen MR) is 73.5 cm³/mol. The smallest absolute Gasteiger partial charge is 0.223 e. The van der Waals surface area contributed by atoms with Crippen LogP contribution >= 0.6 is 0 Å². The molecule has 1 amide bonds. The Hall–Kier alpha value is -0.660. The summed E-state index contributed by atoms with van der Waals surface area (Å²) < 4.78 is 29.5. The van der Waals surface area contributed by atoms with Crippen LogP contribution in [0.4, 0.5) is 0 Å². The molecule has 112 valence electrons. The number of ether oxygens (including phenoxy) is 1. The molecule has 0 radical (unpaired) electrons. The standard InChI is InChI=1S/C12H24N2O4S/c1-10-11(4-8-18-10)19(16,17)9-5-12(15)14(2)7-3-6-13/h10-11H,3-9,13H2,1-2H3. The van der Waals surface area contributed by atoms with Crippen molar-refractivity contribution in [3.8, 4) is 0 Å². The first kappa shape index (κ1) is 16.4. The molecule has 19 heavy (non-hydrogen) atoms. The zero-order chi connectivity index (χ0) is 14.5. The van der Waals surface area contributed by atoms with Crippen molar-refractivity contribution >= 4 is 15.7 Å². The molecule has 0 aromatic rings. The molecule has 1 fully saturated rings. The monoisotopic (exact) mass is 292 g/mol. The van der Waals surface area contributed by atoms with Crippen molar-refractivity contribution < 1.29 is 17.9 Å². The van der Waals surface area contributed by atoms with E-state index in [1.807, 2.05) is 0 Å². The van der Waals surface area contributed by atoms with Gasteiger partial charge in [-0.1, -0.05) is 0 Å². The fraction of sp³-hybridized carbons (Fsp3) is 0.917. The maximum Gasteiger partial charge on any atom is 0.223 e. The van der Waals surface area contributed by atoms with Crippen molar-refractivity contribution in [2.24, 2.45) is 5.73 Å². The molecule has 0 bridgehead atoms. The van der Waals surface area contributed by atoms with E-state index in [4.69, 9.17) is 10.5 Å². The van der Waals surface area contributed by atoms with E-state index in [-0.39, 0.29) is 24.2 Å². The Morgan fingerprint density at radius 1 is 1.47 bits per heavy atom. The third-order valence-corrected chi connectivity index (χ3v) is 5.81. The van der Waals surface area contributed by atoms with Gasteiger partial charge in [-0.2, -0.15) is 0 Å². The zero-order valence-electron chi connectivity index (χ0n) is 11.7. The van der Waals surface area contributed by atoms with E-state index in [0.717, 1.165) is 6.42 Å². The molecule has 2 atom stereocenters. The average molecular weight is 292 g/mol. The second-order valence-corrected chi connectivity index (χ2v) is 7.32. The Morgan fingerprint density at radius 3 is 2.68 bits per heavy atom. The van der Waals surface area contributed by atoms with Gasteiger partial charge in [-0.3, -0.25) is 4.79 Å². The van der Waals surface area contributed by atoms with Crippen LogP contribution in [0, 0.1) is 0 Å². The highest BCUT2D eigenvalue weighted by Crippen LogP contribution is 2.22. The molecular formula is C12H24N2O4S. The summed E-state index contributed by atoms with van der Waals surface area (Å²) in [6, 6.07) is 0. The van der Waals surface area contributed by atoms with Crippen LogP contribution in [0.3, 0.4) is 0 Å². The van der Waals surface area contributed by atoms with E-state index in [9.17, 15) is 13.2 Å². The van der Waals surface area contributed by atoms with Crippen LogP contribution in [0.2, 0.25) is 0 Å². The maximum absolute atomic E-state index is 12.1. The third kappa shape index (κ3) is 4.74. The molecule has 0 saturated carbocycles. The van der Waals surface area contributed by atoms with E-state index < -0.39 is 15.1 Å². The fourth-order valence-corrected chi connectivity index (χ4v) is 4.09. The molecule has 2 unspecified atom stereocenters. The Labute approximate surface area is 115 Å². The number of carbonyl (C=O) groups excluding carboxylic acids is 1. The van der Waals surface area contributed by atoms with E-state index >= 15 is 0 Å². The molecule has 1 heterocycles. The van der Waals surface area contributed by atoms with Crippen molar-refractivity contribution in [3.63, 3.8) is 0 Å². The molecule has 1 aliphatic rings. The molecule has 1 aliphatic heterocycles. The first-order chi connectivity index (χ1) is 8.88. The molecule has 7 heteroatoms. The second kappa shape index (κ2) is 7.21. The topological polar surface area (TPSA) is 89.7 Å². The minimum absolute atomic E-state index is 0.0343. The van der Waals surface area contributed by atoms with Gasteiger partial charge in [0.05, 0.1) is 17.1 Å². The lowest BCUT2D eigenvalue weighted by atomic mass is 10.3. The second-order valence-electron chi connectivity index (χ2n) is 4.98. The Balaban J connectivity index is 2.44. The highest BCUT2D eigenvalue weighted by atomic mass is 32.2. The lowest BCUT2D eigenvalue weighted by Gasteiger charge is -2.18. The molecule has 1 saturated heterocycles. The number of rotatable bonds is 7. The average Bonchev–Trinajstić information content (AvgIpc) is 2.80. The van der Waals surface area contributed by atoms with Crippen molar-refractivity contribution in [2.45, 2.75) is 37.5 Å². The molecule has 0 aromatic carbocycles. The van der Waals surface area contributed by atoms with Gasteiger partial charge >= 0.3 is 0 Å². The van der Waals surface area contributed by atoms with Crippen LogP contribution < -0.4 is 5.73 Å². The number of nitrogens with zero attached hydrogens (tertiary/aromatic N) is 1. The summed E-state index contributed by atoms with van der Waals surface area (Å²) in [6.45, 7) is 3.34. The third-order valence-electron chi connectivity index (χ3n) is 3.49. The minimum atomic E-state index is -3.26. The number of nitrogens with two attached hydrogens (primary N) is 1. The van der Waals surface area contributed by atoms with E-state index in [2.05, 4.69) is 0 Å². The van der Waals surface area contributed by atoms with Gasteiger partial charge in [0, 0.05) is 26.6 Å². The summed E-state index contributed by atoms with van der Waals surface area (Å²) in [5, 5.41) is -0.463. The summed E-state index contributed by atoms with van der Waals surface area (Å²) in [6.07, 6.45) is 1.02. The van der Waals surface area contributed by atoms with E-state index in [1.165, 1.54) is 4.90 Å². The molecular weight excluding hydrogens is 268 g/mol. The van der Waals surface area contributed by atoms with Crippen molar-refractivity contribution in [3.05, 3.63) is 0 Å². The zero-order valence-corrected chi connectivity index (χ0v) is 12.5. The molecule has 6 nitrogen and oxygen atoms in total. The number of amides is 1. The Morgan fingerprint density at radius 2 is 2.16 bits per heavy atom. The number of carbonyl (C=O) groups is 1. The fourth-order valence-electron chi connectivity index (χ4n) is 2.21. The Kier molecular flexibility index (Phi) is 6.22.